The largest absolute Gasteiger partial charge is 0.398 e. The zero-order chi connectivity index (χ0) is 11.4. The number of benzene rings is 1. The van der Waals surface area contributed by atoms with Gasteiger partial charge in [-0.3, -0.25) is 0 Å². The van der Waals surface area contributed by atoms with E-state index in [1.165, 1.54) is 31.5 Å². The van der Waals surface area contributed by atoms with Gasteiger partial charge in [-0.25, -0.2) is 0 Å². The van der Waals surface area contributed by atoms with E-state index in [1.54, 1.807) is 0 Å². The lowest BCUT2D eigenvalue weighted by molar-refractivity contribution is 0.282. The molecule has 0 aliphatic carbocycles. The predicted octanol–water partition coefficient (Wildman–Crippen LogP) is 1.40. The van der Waals surface area contributed by atoms with E-state index < -0.39 is 0 Å². The summed E-state index contributed by atoms with van der Waals surface area (Å²) >= 11 is 0. The van der Waals surface area contributed by atoms with Gasteiger partial charge in [0, 0.05) is 12.2 Å². The van der Waals surface area contributed by atoms with Crippen LogP contribution in [-0.2, 0) is 13.0 Å². The zero-order valence-electron chi connectivity index (χ0n) is 9.65. The second kappa shape index (κ2) is 5.32. The van der Waals surface area contributed by atoms with Crippen LogP contribution in [-0.4, -0.2) is 29.6 Å². The van der Waals surface area contributed by atoms with E-state index in [9.17, 15) is 0 Å². The molecule has 16 heavy (non-hydrogen) atoms. The van der Waals surface area contributed by atoms with Gasteiger partial charge in [-0.1, -0.05) is 12.1 Å². The van der Waals surface area contributed by atoms with Crippen molar-refractivity contribution in [1.82, 2.24) is 4.90 Å². The van der Waals surface area contributed by atoms with Crippen molar-refractivity contribution in [2.75, 3.05) is 25.4 Å². The molecule has 88 valence electrons. The minimum absolute atomic E-state index is 0.0661. The van der Waals surface area contributed by atoms with Gasteiger partial charge in [0.2, 0.25) is 0 Å². The molecule has 0 aromatic heterocycles. The van der Waals surface area contributed by atoms with Crippen LogP contribution in [0.1, 0.15) is 24.0 Å². The number of nitrogen functional groups attached to an aromatic ring is 1. The molecule has 1 aromatic carbocycles. The third-order valence-corrected chi connectivity index (χ3v) is 3.29. The summed E-state index contributed by atoms with van der Waals surface area (Å²) in [6, 6.07) is 5.87. The molecule has 2 rings (SSSR count). The minimum Gasteiger partial charge on any atom is -0.398 e. The third kappa shape index (κ3) is 2.74. The molecular weight excluding hydrogens is 200 g/mol. The van der Waals surface area contributed by atoms with E-state index in [4.69, 9.17) is 10.8 Å². The molecular formula is C13H20N2O. The van der Waals surface area contributed by atoms with Crippen molar-refractivity contribution in [3.8, 4) is 0 Å². The monoisotopic (exact) mass is 220 g/mol. The summed E-state index contributed by atoms with van der Waals surface area (Å²) in [5.41, 5.74) is 8.85. The molecule has 1 aliphatic rings. The first-order valence-corrected chi connectivity index (χ1v) is 6.00. The van der Waals surface area contributed by atoms with Crippen LogP contribution in [0.3, 0.4) is 0 Å². The van der Waals surface area contributed by atoms with E-state index in [1.807, 2.05) is 18.2 Å². The van der Waals surface area contributed by atoms with Crippen molar-refractivity contribution in [2.45, 2.75) is 25.9 Å². The van der Waals surface area contributed by atoms with E-state index in [0.29, 0.717) is 0 Å². The van der Waals surface area contributed by atoms with Crippen LogP contribution in [0.15, 0.2) is 18.2 Å². The lowest BCUT2D eigenvalue weighted by Gasteiger charge is -2.15. The van der Waals surface area contributed by atoms with Gasteiger partial charge in [-0.05, 0) is 49.5 Å². The molecule has 1 saturated heterocycles. The van der Waals surface area contributed by atoms with Crippen molar-refractivity contribution < 1.29 is 5.11 Å². The molecule has 3 heteroatoms. The molecule has 3 N–H and O–H groups in total. The second-order valence-corrected chi connectivity index (χ2v) is 4.49. The standard InChI is InChI=1S/C13H20N2O/c14-13-9-11(10-16)3-4-12(13)5-8-15-6-1-2-7-15/h3-4,9,16H,1-2,5-8,10,14H2. The number of aliphatic hydroxyl groups is 1. The van der Waals surface area contributed by atoms with Crippen LogP contribution in [0.2, 0.25) is 0 Å². The van der Waals surface area contributed by atoms with E-state index in [-0.39, 0.29) is 6.61 Å². The molecule has 3 nitrogen and oxygen atoms in total. The van der Waals surface area contributed by atoms with Gasteiger partial charge >= 0.3 is 0 Å². The predicted molar refractivity (Wildman–Crippen MR) is 66.2 cm³/mol. The molecule has 0 amide bonds. The number of nitrogens with zero attached hydrogens (tertiary/aromatic N) is 1. The molecule has 1 aromatic rings. The van der Waals surface area contributed by atoms with Crippen molar-refractivity contribution >= 4 is 5.69 Å². The molecule has 0 bridgehead atoms. The van der Waals surface area contributed by atoms with Crippen molar-refractivity contribution in [2.24, 2.45) is 0 Å². The zero-order valence-corrected chi connectivity index (χ0v) is 9.65. The first kappa shape index (κ1) is 11.4. The minimum atomic E-state index is 0.0661. The topological polar surface area (TPSA) is 49.5 Å². The number of hydrogen-bond donors (Lipinski definition) is 2. The fraction of sp³-hybridized carbons (Fsp3) is 0.538. The van der Waals surface area contributed by atoms with Gasteiger partial charge < -0.3 is 15.7 Å². The molecule has 0 spiro atoms. The molecule has 1 heterocycles. The fourth-order valence-electron chi connectivity index (χ4n) is 2.26. The maximum Gasteiger partial charge on any atom is 0.0682 e. The van der Waals surface area contributed by atoms with Gasteiger partial charge in [0.15, 0.2) is 0 Å². The first-order chi connectivity index (χ1) is 7.79. The van der Waals surface area contributed by atoms with Crippen LogP contribution in [0.4, 0.5) is 5.69 Å². The Kier molecular flexibility index (Phi) is 3.80. The van der Waals surface area contributed by atoms with Gasteiger partial charge in [-0.2, -0.15) is 0 Å². The summed E-state index contributed by atoms with van der Waals surface area (Å²) in [7, 11) is 0. The quantitative estimate of drug-likeness (QED) is 0.754. The highest BCUT2D eigenvalue weighted by molar-refractivity contribution is 5.49. The molecule has 1 fully saturated rings. The van der Waals surface area contributed by atoms with Crippen molar-refractivity contribution in [1.29, 1.82) is 0 Å². The molecule has 0 unspecified atom stereocenters. The maximum absolute atomic E-state index is 8.99. The summed E-state index contributed by atoms with van der Waals surface area (Å²) in [6.45, 7) is 3.63. The summed E-state index contributed by atoms with van der Waals surface area (Å²) < 4.78 is 0. The number of rotatable bonds is 4. The normalized spacial score (nSPS) is 16.8. The van der Waals surface area contributed by atoms with Gasteiger partial charge in [-0.15, -0.1) is 0 Å². The molecule has 0 radical (unpaired) electrons. The Balaban J connectivity index is 1.93. The Morgan fingerprint density at radius 1 is 1.25 bits per heavy atom. The number of nitrogens with two attached hydrogens (primary N) is 1. The summed E-state index contributed by atoms with van der Waals surface area (Å²) in [5.74, 6) is 0. The summed E-state index contributed by atoms with van der Waals surface area (Å²) in [5, 5.41) is 8.99. The highest BCUT2D eigenvalue weighted by Crippen LogP contribution is 2.16. The van der Waals surface area contributed by atoms with Gasteiger partial charge in [0.1, 0.15) is 0 Å². The second-order valence-electron chi connectivity index (χ2n) is 4.49. The lowest BCUT2D eigenvalue weighted by Crippen LogP contribution is -2.22. The summed E-state index contributed by atoms with van der Waals surface area (Å²) in [4.78, 5) is 2.49. The van der Waals surface area contributed by atoms with Gasteiger partial charge in [0.05, 0.1) is 6.61 Å². The van der Waals surface area contributed by atoms with E-state index in [0.717, 1.165) is 24.2 Å². The molecule has 0 saturated carbocycles. The van der Waals surface area contributed by atoms with Crippen LogP contribution in [0, 0.1) is 0 Å². The Morgan fingerprint density at radius 3 is 2.62 bits per heavy atom. The van der Waals surface area contributed by atoms with Crippen LogP contribution < -0.4 is 5.73 Å². The van der Waals surface area contributed by atoms with Crippen LogP contribution in [0.25, 0.3) is 0 Å². The van der Waals surface area contributed by atoms with Crippen molar-refractivity contribution in [3.63, 3.8) is 0 Å². The van der Waals surface area contributed by atoms with E-state index in [2.05, 4.69) is 4.90 Å². The maximum atomic E-state index is 8.99. The fourth-order valence-corrected chi connectivity index (χ4v) is 2.26. The first-order valence-electron chi connectivity index (χ1n) is 6.00. The Morgan fingerprint density at radius 2 is 2.00 bits per heavy atom. The Labute approximate surface area is 96.9 Å². The SMILES string of the molecule is Nc1cc(CO)ccc1CCN1CCCC1. The Bertz CT molecular complexity index is 346. The summed E-state index contributed by atoms with van der Waals surface area (Å²) in [6.07, 6.45) is 3.68. The number of aliphatic hydroxyl groups excluding tert-OH is 1. The van der Waals surface area contributed by atoms with Crippen LogP contribution >= 0.6 is 0 Å². The number of hydrogen-bond acceptors (Lipinski definition) is 3. The molecule has 1 aliphatic heterocycles. The van der Waals surface area contributed by atoms with Crippen LogP contribution in [0.5, 0.6) is 0 Å². The van der Waals surface area contributed by atoms with Gasteiger partial charge in [0.25, 0.3) is 0 Å². The lowest BCUT2D eigenvalue weighted by atomic mass is 10.1. The number of anilines is 1. The smallest absolute Gasteiger partial charge is 0.0682 e. The number of likely N-dealkylation sites (tertiary alicyclic amines) is 1. The average Bonchev–Trinajstić information content (AvgIpc) is 2.80. The molecule has 0 atom stereocenters. The average molecular weight is 220 g/mol. The highest BCUT2D eigenvalue weighted by Gasteiger charge is 2.11. The third-order valence-electron chi connectivity index (χ3n) is 3.29. The Hall–Kier alpha value is -1.06. The highest BCUT2D eigenvalue weighted by atomic mass is 16.3. The van der Waals surface area contributed by atoms with E-state index >= 15 is 0 Å². The van der Waals surface area contributed by atoms with Crippen molar-refractivity contribution in [3.05, 3.63) is 29.3 Å².